The minimum atomic E-state index is -4.27. The van der Waals surface area contributed by atoms with Gasteiger partial charge in [-0.25, -0.2) is 4.98 Å². The van der Waals surface area contributed by atoms with Crippen LogP contribution in [0.2, 0.25) is 0 Å². The van der Waals surface area contributed by atoms with Crippen molar-refractivity contribution in [3.63, 3.8) is 0 Å². The summed E-state index contributed by atoms with van der Waals surface area (Å²) < 4.78 is 38.3. The third-order valence-electron chi connectivity index (χ3n) is 3.06. The Morgan fingerprint density at radius 1 is 1.19 bits per heavy atom. The average Bonchev–Trinajstić information content (AvgIpc) is 2.33. The van der Waals surface area contributed by atoms with Crippen LogP contribution in [0.1, 0.15) is 45.9 Å². The highest BCUT2D eigenvalue weighted by atomic mass is 35.5. The lowest BCUT2D eigenvalue weighted by Gasteiger charge is -2.30. The van der Waals surface area contributed by atoms with E-state index in [-0.39, 0.29) is 17.3 Å². The van der Waals surface area contributed by atoms with Crippen molar-refractivity contribution >= 4 is 17.4 Å². The fourth-order valence-electron chi connectivity index (χ4n) is 1.90. The molecule has 0 unspecified atom stereocenters. The molecule has 1 heterocycles. The van der Waals surface area contributed by atoms with E-state index < -0.39 is 12.7 Å². The highest BCUT2D eigenvalue weighted by Crippen LogP contribution is 2.28. The lowest BCUT2D eigenvalue weighted by atomic mass is 9.91. The first-order chi connectivity index (χ1) is 9.44. The van der Waals surface area contributed by atoms with Crippen LogP contribution in [-0.4, -0.2) is 23.7 Å². The first-order valence-electron chi connectivity index (χ1n) is 6.85. The van der Waals surface area contributed by atoms with Crippen LogP contribution in [0.25, 0.3) is 0 Å². The summed E-state index contributed by atoms with van der Waals surface area (Å²) in [6.07, 6.45) is -4.27. The van der Waals surface area contributed by atoms with Crippen molar-refractivity contribution < 1.29 is 13.2 Å². The second-order valence-corrected chi connectivity index (χ2v) is 6.71. The molecule has 2 nitrogen and oxygen atoms in total. The van der Waals surface area contributed by atoms with Crippen molar-refractivity contribution in [1.29, 1.82) is 0 Å². The fourth-order valence-corrected chi connectivity index (χ4v) is 2.06. The standard InChI is InChI=1S/C15H22ClF3N2/c1-10(2)21(9-15(17,18)19)13-7-11(8-16)6-12(20-13)14(3,4)5/h6-7,10H,8-9H2,1-5H3. The highest BCUT2D eigenvalue weighted by molar-refractivity contribution is 6.17. The van der Waals surface area contributed by atoms with Gasteiger partial charge >= 0.3 is 6.18 Å². The topological polar surface area (TPSA) is 16.1 Å². The van der Waals surface area contributed by atoms with Crippen LogP contribution in [-0.2, 0) is 11.3 Å². The molecular formula is C15H22ClF3N2. The molecule has 6 heteroatoms. The molecule has 0 aromatic carbocycles. The molecule has 0 saturated heterocycles. The Balaban J connectivity index is 3.31. The lowest BCUT2D eigenvalue weighted by Crippen LogP contribution is -2.40. The molecule has 1 rings (SSSR count). The van der Waals surface area contributed by atoms with Gasteiger partial charge in [0.25, 0.3) is 0 Å². The maximum Gasteiger partial charge on any atom is 0.405 e. The van der Waals surface area contributed by atoms with E-state index in [4.69, 9.17) is 11.6 Å². The molecule has 120 valence electrons. The molecule has 0 aliphatic rings. The number of pyridine rings is 1. The molecule has 0 amide bonds. The third-order valence-corrected chi connectivity index (χ3v) is 3.37. The summed E-state index contributed by atoms with van der Waals surface area (Å²) in [5.74, 6) is 0.571. The molecule has 0 bridgehead atoms. The predicted octanol–water partition coefficient (Wildman–Crippen LogP) is 4.90. The van der Waals surface area contributed by atoms with E-state index in [1.54, 1.807) is 19.9 Å². The Hall–Kier alpha value is -0.970. The Labute approximate surface area is 129 Å². The number of nitrogens with zero attached hydrogens (tertiary/aromatic N) is 2. The monoisotopic (exact) mass is 322 g/mol. The Morgan fingerprint density at radius 2 is 1.76 bits per heavy atom. The summed E-state index contributed by atoms with van der Waals surface area (Å²) >= 11 is 5.87. The van der Waals surface area contributed by atoms with Crippen LogP contribution < -0.4 is 4.90 Å². The maximum absolute atomic E-state index is 12.8. The molecule has 0 N–H and O–H groups in total. The van der Waals surface area contributed by atoms with Crippen LogP contribution in [0, 0.1) is 0 Å². The van der Waals surface area contributed by atoms with Crippen LogP contribution in [0.15, 0.2) is 12.1 Å². The zero-order chi connectivity index (χ0) is 16.4. The Kier molecular flexibility index (Phi) is 5.53. The van der Waals surface area contributed by atoms with Gasteiger partial charge in [-0.1, -0.05) is 20.8 Å². The predicted molar refractivity (Wildman–Crippen MR) is 81.0 cm³/mol. The summed E-state index contributed by atoms with van der Waals surface area (Å²) in [5.41, 5.74) is 1.26. The number of hydrogen-bond donors (Lipinski definition) is 0. The average molecular weight is 323 g/mol. The molecule has 0 aliphatic heterocycles. The van der Waals surface area contributed by atoms with Gasteiger partial charge in [0, 0.05) is 23.0 Å². The van der Waals surface area contributed by atoms with E-state index in [2.05, 4.69) is 4.98 Å². The number of alkyl halides is 4. The van der Waals surface area contributed by atoms with E-state index in [0.717, 1.165) is 11.3 Å². The fraction of sp³-hybridized carbons (Fsp3) is 0.667. The van der Waals surface area contributed by atoms with Crippen molar-refractivity contribution in [2.75, 3.05) is 11.4 Å². The molecular weight excluding hydrogens is 301 g/mol. The smallest absolute Gasteiger partial charge is 0.345 e. The normalized spacial score (nSPS) is 12.9. The van der Waals surface area contributed by atoms with Crippen molar-refractivity contribution in [2.24, 2.45) is 0 Å². The molecule has 0 radical (unpaired) electrons. The second-order valence-electron chi connectivity index (χ2n) is 6.44. The van der Waals surface area contributed by atoms with Crippen LogP contribution in [0.5, 0.6) is 0 Å². The molecule has 0 spiro atoms. The van der Waals surface area contributed by atoms with E-state index >= 15 is 0 Å². The summed E-state index contributed by atoms with van der Waals surface area (Å²) in [7, 11) is 0. The zero-order valence-electron chi connectivity index (χ0n) is 13.1. The molecule has 1 aromatic heterocycles. The zero-order valence-corrected chi connectivity index (χ0v) is 13.8. The number of halogens is 4. The summed E-state index contributed by atoms with van der Waals surface area (Å²) in [6, 6.07) is 3.17. The van der Waals surface area contributed by atoms with Crippen molar-refractivity contribution in [1.82, 2.24) is 4.98 Å². The molecule has 0 fully saturated rings. The minimum Gasteiger partial charge on any atom is -0.345 e. The molecule has 0 atom stereocenters. The number of aromatic nitrogens is 1. The van der Waals surface area contributed by atoms with Crippen LogP contribution in [0.4, 0.5) is 19.0 Å². The van der Waals surface area contributed by atoms with E-state index in [0.29, 0.717) is 5.82 Å². The first-order valence-corrected chi connectivity index (χ1v) is 7.38. The highest BCUT2D eigenvalue weighted by Gasteiger charge is 2.33. The largest absolute Gasteiger partial charge is 0.405 e. The molecule has 0 saturated carbocycles. The minimum absolute atomic E-state index is 0.247. The van der Waals surface area contributed by atoms with Crippen LogP contribution >= 0.6 is 11.6 Å². The second kappa shape index (κ2) is 6.42. The summed E-state index contributed by atoms with van der Waals surface area (Å²) in [5, 5.41) is 0. The van der Waals surface area contributed by atoms with E-state index in [9.17, 15) is 13.2 Å². The van der Waals surface area contributed by atoms with Gasteiger partial charge < -0.3 is 4.90 Å². The SMILES string of the molecule is CC(C)N(CC(F)(F)F)c1cc(CCl)cc(C(C)(C)C)n1. The Bertz CT molecular complexity index is 479. The summed E-state index contributed by atoms with van der Waals surface area (Å²) in [6.45, 7) is 8.34. The van der Waals surface area contributed by atoms with Gasteiger partial charge in [0.2, 0.25) is 0 Å². The van der Waals surface area contributed by atoms with Gasteiger partial charge in [-0.2, -0.15) is 13.2 Å². The molecule has 1 aromatic rings. The number of rotatable bonds is 4. The van der Waals surface area contributed by atoms with Gasteiger partial charge in [-0.3, -0.25) is 0 Å². The van der Waals surface area contributed by atoms with Crippen molar-refractivity contribution in [2.45, 2.75) is 58.1 Å². The van der Waals surface area contributed by atoms with Crippen molar-refractivity contribution in [3.05, 3.63) is 23.4 Å². The van der Waals surface area contributed by atoms with Crippen molar-refractivity contribution in [3.8, 4) is 0 Å². The van der Waals surface area contributed by atoms with Crippen LogP contribution in [0.3, 0.4) is 0 Å². The first kappa shape index (κ1) is 18.1. The quantitative estimate of drug-likeness (QED) is 0.733. The van der Waals surface area contributed by atoms with E-state index in [1.807, 2.05) is 26.8 Å². The summed E-state index contributed by atoms with van der Waals surface area (Å²) in [4.78, 5) is 5.68. The van der Waals surface area contributed by atoms with Gasteiger partial charge in [-0.05, 0) is 31.5 Å². The maximum atomic E-state index is 12.8. The number of anilines is 1. The molecule has 21 heavy (non-hydrogen) atoms. The van der Waals surface area contributed by atoms with Gasteiger partial charge in [0.15, 0.2) is 0 Å². The number of hydrogen-bond acceptors (Lipinski definition) is 2. The lowest BCUT2D eigenvalue weighted by molar-refractivity contribution is -0.120. The Morgan fingerprint density at radius 3 is 2.14 bits per heavy atom. The van der Waals surface area contributed by atoms with Gasteiger partial charge in [-0.15, -0.1) is 11.6 Å². The van der Waals surface area contributed by atoms with Gasteiger partial charge in [0.1, 0.15) is 12.4 Å². The van der Waals surface area contributed by atoms with E-state index in [1.165, 1.54) is 4.90 Å². The van der Waals surface area contributed by atoms with Gasteiger partial charge in [0.05, 0.1) is 0 Å². The molecule has 0 aliphatic carbocycles. The third kappa shape index (κ3) is 5.38.